The van der Waals surface area contributed by atoms with Gasteiger partial charge in [0.25, 0.3) is 0 Å². The number of ether oxygens (including phenoxy) is 8. The Morgan fingerprint density at radius 2 is 0.721 bits per heavy atom. The van der Waals surface area contributed by atoms with Gasteiger partial charge in [-0.15, -0.1) is 0 Å². The molecule has 86 heavy (non-hydrogen) atoms. The van der Waals surface area contributed by atoms with Crippen molar-refractivity contribution >= 4 is 32.1 Å². The molecule has 2 heterocycles. The summed E-state index contributed by atoms with van der Waals surface area (Å²) in [4.78, 5) is 29.6. The smallest absolute Gasteiger partial charge is 0.314 e. The molecule has 6 N–H and O–H groups in total. The largest absolute Gasteiger partial charge is 0.484 e. The number of unbranched alkanes of at least 4 members (excludes halogenated alkanes) is 1. The number of nitrogens with one attached hydrogen (secondary N) is 6. The number of carbonyl (C=O) groups is 2. The molecule has 22 nitrogen and oxygen atoms in total. The first-order valence-corrected chi connectivity index (χ1v) is 33.7. The number of likely N-dealkylation sites (tertiary alicyclic amines) is 2. The molecule has 4 aliphatic rings. The maximum atomic E-state index is 13.0. The molecule has 2 fully saturated rings. The van der Waals surface area contributed by atoms with Crippen LogP contribution in [0.1, 0.15) is 85.8 Å². The molecule has 4 aromatic carbocycles. The van der Waals surface area contributed by atoms with Crippen LogP contribution in [0.25, 0.3) is 0 Å². The second kappa shape index (κ2) is 36.1. The molecule has 0 radical (unpaired) electrons. The van der Waals surface area contributed by atoms with Crippen LogP contribution >= 0.6 is 0 Å². The van der Waals surface area contributed by atoms with Gasteiger partial charge >= 0.3 is 12.1 Å². The van der Waals surface area contributed by atoms with Crippen molar-refractivity contribution in [2.24, 2.45) is 0 Å². The van der Waals surface area contributed by atoms with Gasteiger partial charge in [-0.25, -0.2) is 35.9 Å². The maximum Gasteiger partial charge on any atom is 0.314 e. The molecule has 2 aliphatic heterocycles. The molecule has 0 spiro atoms. The van der Waals surface area contributed by atoms with E-state index in [1.165, 1.54) is 60.8 Å². The van der Waals surface area contributed by atoms with E-state index in [2.05, 4.69) is 76.9 Å². The van der Waals surface area contributed by atoms with Crippen LogP contribution in [0.4, 0.5) is 9.59 Å². The highest BCUT2D eigenvalue weighted by molar-refractivity contribution is 7.89. The van der Waals surface area contributed by atoms with Crippen LogP contribution in [-0.2, 0) is 61.3 Å². The predicted molar refractivity (Wildman–Crippen MR) is 326 cm³/mol. The maximum absolute atomic E-state index is 13.0. The first kappa shape index (κ1) is 66.5. The van der Waals surface area contributed by atoms with Crippen LogP contribution in [0.2, 0.25) is 0 Å². The van der Waals surface area contributed by atoms with Gasteiger partial charge in [0.15, 0.2) is 0 Å². The third-order valence-corrected chi connectivity index (χ3v) is 18.6. The van der Waals surface area contributed by atoms with Gasteiger partial charge in [0.2, 0.25) is 20.0 Å². The SMILES string of the molecule is O=C(NCCCCNC(=O)NCCOCCOCCOCCNS(=O)(=O)c1ccc(O[C@H]2c3ccccc3C[C@@H]2N2CCCCC2)cc1)NCCOCCOCCOCCNS(=O)(=O)c1ccc(O[C@H]2c3ccccc3C[C@@H]2N2CCCCC2)cc1. The van der Waals surface area contributed by atoms with E-state index in [1.54, 1.807) is 48.5 Å². The first-order valence-electron chi connectivity index (χ1n) is 30.7. The number of carbonyl (C=O) groups excluding carboxylic acids is 2. The second-order valence-electron chi connectivity index (χ2n) is 21.7. The van der Waals surface area contributed by atoms with E-state index in [0.717, 1.165) is 39.0 Å². The highest BCUT2D eigenvalue weighted by Crippen LogP contribution is 2.41. The minimum absolute atomic E-state index is 0.105. The summed E-state index contributed by atoms with van der Waals surface area (Å²) in [5, 5.41) is 11.0. The summed E-state index contributed by atoms with van der Waals surface area (Å²) in [6.07, 6.45) is 10.4. The molecule has 24 heteroatoms. The first-order chi connectivity index (χ1) is 42.0. The van der Waals surface area contributed by atoms with Crippen LogP contribution in [0.3, 0.4) is 0 Å². The average Bonchev–Trinajstić information content (AvgIpc) is 3.28. The highest BCUT2D eigenvalue weighted by Gasteiger charge is 2.40. The van der Waals surface area contributed by atoms with Gasteiger partial charge in [-0.1, -0.05) is 61.4 Å². The lowest BCUT2D eigenvalue weighted by molar-refractivity contribution is 0.0165. The van der Waals surface area contributed by atoms with E-state index in [0.29, 0.717) is 117 Å². The fourth-order valence-electron chi connectivity index (χ4n) is 11.2. The van der Waals surface area contributed by atoms with Crippen LogP contribution < -0.4 is 40.2 Å². The van der Waals surface area contributed by atoms with Crippen molar-refractivity contribution in [3.8, 4) is 11.5 Å². The molecule has 8 rings (SSSR count). The summed E-state index contributed by atoms with van der Waals surface area (Å²) in [6, 6.07) is 30.0. The summed E-state index contributed by atoms with van der Waals surface area (Å²) in [7, 11) is -7.46. The Morgan fingerprint density at radius 3 is 1.09 bits per heavy atom. The normalized spacial score (nSPS) is 18.9. The number of benzene rings is 4. The standard InChI is InChI=1S/C62H90N8O14S2/c71-61(65-27-35-77-39-43-81-45-41-79-37-29-67-85(73,74)53-21-17-51(18-22-53)83-59-55-15-5-3-13-49(55)47-57(59)69-31-9-1-10-32-69)63-25-7-8-26-64-62(72)66-28-36-78-40-44-82-46-42-80-38-30-68-86(75,76)54-23-19-52(20-24-54)84-60-56-16-6-4-14-50(56)48-58(60)70-33-11-2-12-34-70/h3-6,13-24,57-60,67-68H,1-2,7-12,25-48H2,(H2,63,65,71)(H2,64,66,72)/t57-,58-,59-,60-/m0/s1. The minimum Gasteiger partial charge on any atom is -0.484 e. The Hall–Kier alpha value is -5.48. The molecular weight excluding hydrogens is 1140 g/mol. The van der Waals surface area contributed by atoms with E-state index in [9.17, 15) is 26.4 Å². The van der Waals surface area contributed by atoms with Crippen molar-refractivity contribution in [2.75, 3.05) is 145 Å². The fraction of sp³-hybridized carbons (Fsp3) is 0.581. The Kier molecular flexibility index (Phi) is 27.9. The third-order valence-electron chi connectivity index (χ3n) is 15.6. The van der Waals surface area contributed by atoms with E-state index >= 15 is 0 Å². The molecule has 0 aromatic heterocycles. The summed E-state index contributed by atoms with van der Waals surface area (Å²) >= 11 is 0. The molecule has 0 bridgehead atoms. The van der Waals surface area contributed by atoms with Gasteiger partial charge in [-0.3, -0.25) is 9.80 Å². The van der Waals surface area contributed by atoms with Gasteiger partial charge in [0.1, 0.15) is 23.7 Å². The van der Waals surface area contributed by atoms with Gasteiger partial charge in [-0.2, -0.15) is 0 Å². The van der Waals surface area contributed by atoms with Crippen LogP contribution in [-0.4, -0.2) is 196 Å². The van der Waals surface area contributed by atoms with Gasteiger partial charge in [0, 0.05) is 39.3 Å². The Bertz CT molecular complexity index is 2670. The average molecular weight is 1240 g/mol. The Labute approximate surface area is 508 Å². The molecule has 0 saturated carbocycles. The number of sulfonamides is 2. The third kappa shape index (κ3) is 21.7. The quantitative estimate of drug-likeness (QED) is 0.0303. The number of fused-ring (bicyclic) bond motifs is 2. The van der Waals surface area contributed by atoms with Crippen LogP contribution in [0, 0.1) is 0 Å². The Balaban J connectivity index is 0.534. The molecule has 0 unspecified atom stereocenters. The number of urea groups is 2. The lowest BCUT2D eigenvalue weighted by Gasteiger charge is -2.35. The summed E-state index contributed by atoms with van der Waals surface area (Å²) in [5.74, 6) is 1.28. The van der Waals surface area contributed by atoms with Crippen molar-refractivity contribution in [3.05, 3.63) is 119 Å². The zero-order valence-corrected chi connectivity index (χ0v) is 51.2. The molecule has 4 aromatic rings. The van der Waals surface area contributed by atoms with Gasteiger partial charge < -0.3 is 59.2 Å². The van der Waals surface area contributed by atoms with Crippen LogP contribution in [0.15, 0.2) is 107 Å². The highest BCUT2D eigenvalue weighted by atomic mass is 32.2. The molecule has 4 amide bonds. The van der Waals surface area contributed by atoms with Crippen molar-refractivity contribution in [2.45, 2.75) is 98.3 Å². The summed E-state index contributed by atoms with van der Waals surface area (Å²) in [5.41, 5.74) is 5.03. The van der Waals surface area contributed by atoms with Crippen molar-refractivity contribution in [1.82, 2.24) is 40.5 Å². The molecular formula is C62H90N8O14S2. The summed E-state index contributed by atoms with van der Waals surface area (Å²) in [6.45, 7) is 9.65. The lowest BCUT2D eigenvalue weighted by atomic mass is 10.0. The number of piperidine rings is 2. The monoisotopic (exact) mass is 1230 g/mol. The number of hydrogen-bond donors (Lipinski definition) is 6. The van der Waals surface area contributed by atoms with E-state index in [4.69, 9.17) is 37.9 Å². The number of rotatable bonds is 39. The van der Waals surface area contributed by atoms with Crippen molar-refractivity contribution < 1.29 is 64.3 Å². The zero-order chi connectivity index (χ0) is 60.1. The molecule has 474 valence electrons. The van der Waals surface area contributed by atoms with E-state index < -0.39 is 20.0 Å². The molecule has 4 atom stereocenters. The fourth-order valence-corrected chi connectivity index (χ4v) is 13.2. The van der Waals surface area contributed by atoms with Gasteiger partial charge in [-0.05, 0) is 148 Å². The minimum atomic E-state index is -3.73. The topological polar surface area (TPSA) is 255 Å². The number of hydrogen-bond acceptors (Lipinski definition) is 16. The number of amides is 4. The van der Waals surface area contributed by atoms with E-state index in [1.807, 2.05) is 12.1 Å². The lowest BCUT2D eigenvalue weighted by Crippen LogP contribution is -2.43. The predicted octanol–water partition coefficient (Wildman–Crippen LogP) is 5.48. The van der Waals surface area contributed by atoms with Crippen molar-refractivity contribution in [3.63, 3.8) is 0 Å². The molecule has 2 aliphatic carbocycles. The van der Waals surface area contributed by atoms with Gasteiger partial charge in [0.05, 0.1) is 101 Å². The zero-order valence-electron chi connectivity index (χ0n) is 49.6. The van der Waals surface area contributed by atoms with Crippen LogP contribution in [0.5, 0.6) is 11.5 Å². The van der Waals surface area contributed by atoms with E-state index in [-0.39, 0.29) is 72.4 Å². The second-order valence-corrected chi connectivity index (χ2v) is 25.2. The Morgan fingerprint density at radius 1 is 0.395 bits per heavy atom. The number of nitrogens with zero attached hydrogens (tertiary/aromatic N) is 2. The van der Waals surface area contributed by atoms with Crippen molar-refractivity contribution in [1.29, 1.82) is 0 Å². The molecule has 2 saturated heterocycles. The summed E-state index contributed by atoms with van der Waals surface area (Å²) < 4.78 is 103.